The SMILES string of the molecule is CCCN=C1NC(=NCCC)c2ccccc21. The van der Waals surface area contributed by atoms with Gasteiger partial charge in [-0.3, -0.25) is 9.98 Å². The molecule has 0 atom stereocenters. The van der Waals surface area contributed by atoms with Crippen LogP contribution < -0.4 is 5.32 Å². The number of benzene rings is 1. The summed E-state index contributed by atoms with van der Waals surface area (Å²) >= 11 is 0. The lowest BCUT2D eigenvalue weighted by atomic mass is 10.1. The van der Waals surface area contributed by atoms with E-state index in [2.05, 4.69) is 41.3 Å². The lowest BCUT2D eigenvalue weighted by Gasteiger charge is -1.99. The van der Waals surface area contributed by atoms with Crippen molar-refractivity contribution in [3.63, 3.8) is 0 Å². The Balaban J connectivity index is 2.33. The maximum absolute atomic E-state index is 4.57. The molecule has 0 bridgehead atoms. The van der Waals surface area contributed by atoms with Gasteiger partial charge in [-0.1, -0.05) is 38.1 Å². The summed E-state index contributed by atoms with van der Waals surface area (Å²) in [7, 11) is 0. The maximum Gasteiger partial charge on any atom is 0.134 e. The van der Waals surface area contributed by atoms with Gasteiger partial charge in [-0.25, -0.2) is 0 Å². The predicted molar refractivity (Wildman–Crippen MR) is 73.0 cm³/mol. The van der Waals surface area contributed by atoms with Gasteiger partial charge >= 0.3 is 0 Å². The zero-order valence-electron chi connectivity index (χ0n) is 10.5. The van der Waals surface area contributed by atoms with Gasteiger partial charge in [-0.05, 0) is 12.8 Å². The molecule has 0 spiro atoms. The number of amidine groups is 2. The molecule has 3 heteroatoms. The zero-order valence-corrected chi connectivity index (χ0v) is 10.5. The molecule has 1 aliphatic heterocycles. The van der Waals surface area contributed by atoms with Gasteiger partial charge in [0.05, 0.1) is 0 Å². The minimum Gasteiger partial charge on any atom is -0.325 e. The van der Waals surface area contributed by atoms with Crippen molar-refractivity contribution in [1.29, 1.82) is 0 Å². The van der Waals surface area contributed by atoms with Crippen molar-refractivity contribution >= 4 is 11.7 Å². The van der Waals surface area contributed by atoms with Crippen LogP contribution in [0.25, 0.3) is 0 Å². The number of fused-ring (bicyclic) bond motifs is 1. The molecule has 0 fully saturated rings. The second-order valence-electron chi connectivity index (χ2n) is 4.13. The molecule has 1 N–H and O–H groups in total. The van der Waals surface area contributed by atoms with Gasteiger partial charge in [0, 0.05) is 24.2 Å². The van der Waals surface area contributed by atoms with Crippen LogP contribution in [0.1, 0.15) is 37.8 Å². The average molecular weight is 229 g/mol. The van der Waals surface area contributed by atoms with Gasteiger partial charge in [-0.15, -0.1) is 0 Å². The molecule has 0 saturated heterocycles. The summed E-state index contributed by atoms with van der Waals surface area (Å²) in [4.78, 5) is 9.13. The van der Waals surface area contributed by atoms with Crippen molar-refractivity contribution in [3.8, 4) is 0 Å². The molecule has 1 heterocycles. The van der Waals surface area contributed by atoms with Crippen molar-refractivity contribution in [2.45, 2.75) is 26.7 Å². The molecule has 0 unspecified atom stereocenters. The number of aliphatic imine (C=N–C) groups is 2. The van der Waals surface area contributed by atoms with E-state index in [0.29, 0.717) is 0 Å². The molecule has 0 radical (unpaired) electrons. The largest absolute Gasteiger partial charge is 0.325 e. The molecule has 1 aromatic carbocycles. The summed E-state index contributed by atoms with van der Waals surface area (Å²) in [5.41, 5.74) is 2.35. The summed E-state index contributed by atoms with van der Waals surface area (Å²) < 4.78 is 0. The lowest BCUT2D eigenvalue weighted by molar-refractivity contribution is 0.920. The Morgan fingerprint density at radius 1 is 0.882 bits per heavy atom. The molecular formula is C14H19N3. The number of nitrogens with zero attached hydrogens (tertiary/aromatic N) is 2. The first-order chi connectivity index (χ1) is 8.36. The summed E-state index contributed by atoms with van der Waals surface area (Å²) in [6.45, 7) is 5.99. The van der Waals surface area contributed by atoms with Crippen LogP contribution in [0, 0.1) is 0 Å². The smallest absolute Gasteiger partial charge is 0.134 e. The first-order valence-electron chi connectivity index (χ1n) is 6.32. The Morgan fingerprint density at radius 3 is 1.76 bits per heavy atom. The van der Waals surface area contributed by atoms with E-state index in [0.717, 1.165) is 37.6 Å². The predicted octanol–water partition coefficient (Wildman–Crippen LogP) is 2.60. The van der Waals surface area contributed by atoms with E-state index in [1.807, 2.05) is 12.1 Å². The fraction of sp³-hybridized carbons (Fsp3) is 0.429. The third-order valence-electron chi connectivity index (χ3n) is 2.66. The standard InChI is InChI=1S/C14H19N3/c1-3-9-15-13-11-7-5-6-8-12(11)14(17-13)16-10-4-2/h5-8H,3-4,9-10H2,1-2H3,(H,15,16,17). The van der Waals surface area contributed by atoms with E-state index in [4.69, 9.17) is 0 Å². The van der Waals surface area contributed by atoms with Gasteiger partial charge in [-0.2, -0.15) is 0 Å². The van der Waals surface area contributed by atoms with E-state index in [1.165, 1.54) is 11.1 Å². The molecule has 0 saturated carbocycles. The molecule has 1 aliphatic rings. The van der Waals surface area contributed by atoms with Crippen LogP contribution in [0.2, 0.25) is 0 Å². The Labute approximate surface area is 103 Å². The van der Waals surface area contributed by atoms with Crippen LogP contribution >= 0.6 is 0 Å². The lowest BCUT2D eigenvalue weighted by Crippen LogP contribution is -2.23. The number of hydrogen-bond donors (Lipinski definition) is 1. The third kappa shape index (κ3) is 2.54. The molecule has 0 aromatic heterocycles. The maximum atomic E-state index is 4.57. The average Bonchev–Trinajstić information content (AvgIpc) is 2.72. The zero-order chi connectivity index (χ0) is 12.1. The second-order valence-corrected chi connectivity index (χ2v) is 4.13. The van der Waals surface area contributed by atoms with Crippen molar-refractivity contribution in [1.82, 2.24) is 5.32 Å². The number of rotatable bonds is 4. The van der Waals surface area contributed by atoms with Gasteiger partial charge < -0.3 is 5.32 Å². The van der Waals surface area contributed by atoms with Gasteiger partial charge in [0.1, 0.15) is 11.7 Å². The fourth-order valence-electron chi connectivity index (χ4n) is 1.84. The van der Waals surface area contributed by atoms with E-state index >= 15 is 0 Å². The molecular weight excluding hydrogens is 210 g/mol. The summed E-state index contributed by atoms with van der Waals surface area (Å²) in [6.07, 6.45) is 2.13. The molecule has 1 aromatic rings. The highest BCUT2D eigenvalue weighted by Gasteiger charge is 2.21. The Hall–Kier alpha value is -1.64. The van der Waals surface area contributed by atoms with Crippen LogP contribution in [0.3, 0.4) is 0 Å². The van der Waals surface area contributed by atoms with Gasteiger partial charge in [0.25, 0.3) is 0 Å². The Bertz CT molecular complexity index is 406. The highest BCUT2D eigenvalue weighted by molar-refractivity contribution is 6.25. The van der Waals surface area contributed by atoms with E-state index < -0.39 is 0 Å². The first kappa shape index (κ1) is 11.8. The molecule has 17 heavy (non-hydrogen) atoms. The number of hydrogen-bond acceptors (Lipinski definition) is 2. The topological polar surface area (TPSA) is 36.8 Å². The molecule has 0 aliphatic carbocycles. The van der Waals surface area contributed by atoms with Crippen LogP contribution in [-0.4, -0.2) is 24.8 Å². The molecule has 90 valence electrons. The first-order valence-corrected chi connectivity index (χ1v) is 6.32. The van der Waals surface area contributed by atoms with Gasteiger partial charge in [0.15, 0.2) is 0 Å². The highest BCUT2D eigenvalue weighted by atomic mass is 15.1. The van der Waals surface area contributed by atoms with Gasteiger partial charge in [0.2, 0.25) is 0 Å². The van der Waals surface area contributed by atoms with Crippen LogP contribution in [0.15, 0.2) is 34.3 Å². The minimum atomic E-state index is 0.859. The fourth-order valence-corrected chi connectivity index (χ4v) is 1.84. The van der Waals surface area contributed by atoms with Crippen LogP contribution in [0.4, 0.5) is 0 Å². The second kappa shape index (κ2) is 5.62. The van der Waals surface area contributed by atoms with E-state index in [9.17, 15) is 0 Å². The van der Waals surface area contributed by atoms with Crippen LogP contribution in [0.5, 0.6) is 0 Å². The van der Waals surface area contributed by atoms with Crippen molar-refractivity contribution in [2.75, 3.05) is 13.1 Å². The molecule has 2 rings (SSSR count). The quantitative estimate of drug-likeness (QED) is 0.846. The van der Waals surface area contributed by atoms with E-state index in [-0.39, 0.29) is 0 Å². The normalized spacial score (nSPS) is 18.5. The van der Waals surface area contributed by atoms with Crippen molar-refractivity contribution < 1.29 is 0 Å². The van der Waals surface area contributed by atoms with Crippen LogP contribution in [-0.2, 0) is 0 Å². The van der Waals surface area contributed by atoms with Crippen molar-refractivity contribution in [3.05, 3.63) is 35.4 Å². The Kier molecular flexibility index (Phi) is 3.91. The summed E-state index contributed by atoms with van der Waals surface area (Å²) in [6, 6.07) is 8.30. The number of nitrogens with one attached hydrogen (secondary N) is 1. The highest BCUT2D eigenvalue weighted by Crippen LogP contribution is 2.16. The Morgan fingerprint density at radius 2 is 1.35 bits per heavy atom. The molecule has 0 amide bonds. The summed E-state index contributed by atoms with van der Waals surface area (Å²) in [5, 5.41) is 3.33. The van der Waals surface area contributed by atoms with E-state index in [1.54, 1.807) is 0 Å². The minimum absolute atomic E-state index is 0.859. The van der Waals surface area contributed by atoms with Crippen molar-refractivity contribution in [2.24, 2.45) is 9.98 Å². The third-order valence-corrected chi connectivity index (χ3v) is 2.66. The molecule has 3 nitrogen and oxygen atoms in total. The summed E-state index contributed by atoms with van der Waals surface area (Å²) in [5.74, 6) is 1.94. The monoisotopic (exact) mass is 229 g/mol.